The predicted octanol–water partition coefficient (Wildman–Crippen LogP) is 2.36. The van der Waals surface area contributed by atoms with Crippen LogP contribution in [0, 0.1) is 0 Å². The Labute approximate surface area is 145 Å². The highest BCUT2D eigenvalue weighted by atomic mass is 32.1. The molecule has 0 bridgehead atoms. The van der Waals surface area contributed by atoms with Gasteiger partial charge in [0.1, 0.15) is 0 Å². The summed E-state index contributed by atoms with van der Waals surface area (Å²) in [5, 5.41) is 2.09. The summed E-state index contributed by atoms with van der Waals surface area (Å²) in [5.41, 5.74) is 1.27. The van der Waals surface area contributed by atoms with Gasteiger partial charge in [0, 0.05) is 23.5 Å². The number of fused-ring (bicyclic) bond motifs is 1. The molecule has 1 aromatic rings. The molecule has 1 aliphatic carbocycles. The van der Waals surface area contributed by atoms with Gasteiger partial charge in [0.25, 0.3) is 0 Å². The molecule has 1 saturated carbocycles. The zero-order chi connectivity index (χ0) is 16.8. The van der Waals surface area contributed by atoms with Gasteiger partial charge in [-0.05, 0) is 43.2 Å². The maximum absolute atomic E-state index is 12.7. The van der Waals surface area contributed by atoms with Crippen LogP contribution < -0.4 is 0 Å². The minimum atomic E-state index is -0.671. The van der Waals surface area contributed by atoms with E-state index in [1.165, 1.54) is 15.3 Å². The van der Waals surface area contributed by atoms with Gasteiger partial charge in [0.2, 0.25) is 0 Å². The molecule has 0 N–H and O–H groups in total. The lowest BCUT2D eigenvalue weighted by Crippen LogP contribution is -2.46. The molecule has 3 aliphatic rings. The first-order valence-corrected chi connectivity index (χ1v) is 9.45. The smallest absolute Gasteiger partial charge is 0.278 e. The summed E-state index contributed by atoms with van der Waals surface area (Å²) in [6, 6.07) is 1.73. The number of amides is 4. The zero-order valence-corrected chi connectivity index (χ0v) is 14.6. The fourth-order valence-corrected chi connectivity index (χ4v) is 5.03. The van der Waals surface area contributed by atoms with Crippen LogP contribution >= 0.6 is 11.3 Å². The number of hydrogen-bond donors (Lipinski definition) is 0. The molecule has 2 aliphatic heterocycles. The third-order valence-electron chi connectivity index (χ3n) is 5.50. The molecular weight excluding hydrogens is 326 g/mol. The quantitative estimate of drug-likeness (QED) is 0.622. The van der Waals surface area contributed by atoms with E-state index in [9.17, 15) is 14.4 Å². The van der Waals surface area contributed by atoms with E-state index in [1.807, 2.05) is 0 Å². The number of urea groups is 1. The molecule has 2 fully saturated rings. The Hall–Kier alpha value is -1.73. The molecule has 7 heteroatoms. The van der Waals surface area contributed by atoms with Crippen LogP contribution in [-0.2, 0) is 16.0 Å². The average Bonchev–Trinajstić information content (AvgIpc) is 3.28. The van der Waals surface area contributed by atoms with Crippen LogP contribution in [0.1, 0.15) is 49.1 Å². The number of carbonyl (C=O) groups is 3. The highest BCUT2D eigenvalue weighted by Gasteiger charge is 2.48. The van der Waals surface area contributed by atoms with E-state index in [0.29, 0.717) is 0 Å². The SMILES string of the molecule is C[C@@H]1c2ccsc2CCN1CN1C(=O)C(=O)N(C2CCCC2)C1=O. The fraction of sp³-hybridized carbons (Fsp3) is 0.588. The zero-order valence-electron chi connectivity index (χ0n) is 13.7. The van der Waals surface area contributed by atoms with E-state index in [1.54, 1.807) is 11.3 Å². The summed E-state index contributed by atoms with van der Waals surface area (Å²) >= 11 is 1.76. The highest BCUT2D eigenvalue weighted by molar-refractivity contribution is 7.10. The van der Waals surface area contributed by atoms with Crippen molar-refractivity contribution >= 4 is 29.2 Å². The van der Waals surface area contributed by atoms with Crippen molar-refractivity contribution < 1.29 is 14.4 Å². The van der Waals surface area contributed by atoms with Crippen molar-refractivity contribution in [1.82, 2.24) is 14.7 Å². The molecule has 0 unspecified atom stereocenters. The van der Waals surface area contributed by atoms with Gasteiger partial charge in [-0.15, -0.1) is 11.3 Å². The van der Waals surface area contributed by atoms with Crippen molar-refractivity contribution in [1.29, 1.82) is 0 Å². The van der Waals surface area contributed by atoms with Crippen LogP contribution in [0.3, 0.4) is 0 Å². The van der Waals surface area contributed by atoms with Crippen LogP contribution in [-0.4, -0.2) is 51.8 Å². The van der Waals surface area contributed by atoms with Crippen molar-refractivity contribution in [2.24, 2.45) is 0 Å². The molecule has 1 atom stereocenters. The molecular formula is C17H21N3O3S. The topological polar surface area (TPSA) is 60.9 Å². The average molecular weight is 347 g/mol. The van der Waals surface area contributed by atoms with Gasteiger partial charge in [-0.1, -0.05) is 12.8 Å². The van der Waals surface area contributed by atoms with Crippen LogP contribution in [0.5, 0.6) is 0 Å². The van der Waals surface area contributed by atoms with Crippen molar-refractivity contribution in [3.63, 3.8) is 0 Å². The Kier molecular flexibility index (Phi) is 3.92. The van der Waals surface area contributed by atoms with Crippen LogP contribution in [0.25, 0.3) is 0 Å². The standard InChI is InChI=1S/C17H21N3O3S/c1-11-13-7-9-24-14(13)6-8-18(11)10-19-15(21)16(22)20(17(19)23)12-4-2-3-5-12/h7,9,11-12H,2-6,8,10H2,1H3/t11-/m1/s1. The first kappa shape index (κ1) is 15.8. The minimum absolute atomic E-state index is 0.0961. The number of rotatable bonds is 3. The lowest BCUT2D eigenvalue weighted by molar-refractivity contribution is -0.144. The van der Waals surface area contributed by atoms with Gasteiger partial charge in [0.05, 0.1) is 6.67 Å². The third kappa shape index (κ3) is 2.38. The Balaban J connectivity index is 1.51. The fourth-order valence-electron chi connectivity index (χ4n) is 4.07. The molecule has 1 aromatic heterocycles. The maximum Gasteiger partial charge on any atom is 0.335 e. The third-order valence-corrected chi connectivity index (χ3v) is 6.50. The summed E-state index contributed by atoms with van der Waals surface area (Å²) < 4.78 is 0. The van der Waals surface area contributed by atoms with E-state index >= 15 is 0 Å². The molecule has 4 amide bonds. The Morgan fingerprint density at radius 3 is 2.67 bits per heavy atom. The second kappa shape index (κ2) is 5.97. The molecule has 24 heavy (non-hydrogen) atoms. The summed E-state index contributed by atoms with van der Waals surface area (Å²) in [6.07, 6.45) is 4.59. The van der Waals surface area contributed by atoms with Gasteiger partial charge in [-0.2, -0.15) is 0 Å². The van der Waals surface area contributed by atoms with Crippen molar-refractivity contribution in [2.75, 3.05) is 13.2 Å². The maximum atomic E-state index is 12.7. The lowest BCUT2D eigenvalue weighted by Gasteiger charge is -2.35. The summed E-state index contributed by atoms with van der Waals surface area (Å²) in [7, 11) is 0. The molecule has 0 radical (unpaired) electrons. The van der Waals surface area contributed by atoms with E-state index in [-0.39, 0.29) is 18.8 Å². The second-order valence-electron chi connectivity index (χ2n) is 6.81. The Bertz CT molecular complexity index is 695. The van der Waals surface area contributed by atoms with Gasteiger partial charge in [0.15, 0.2) is 0 Å². The van der Waals surface area contributed by atoms with Crippen LogP contribution in [0.4, 0.5) is 4.79 Å². The molecule has 6 nitrogen and oxygen atoms in total. The van der Waals surface area contributed by atoms with E-state index in [4.69, 9.17) is 0 Å². The normalized spacial score (nSPS) is 25.9. The summed E-state index contributed by atoms with van der Waals surface area (Å²) in [6.45, 7) is 3.08. The number of hydrogen-bond acceptors (Lipinski definition) is 5. The number of nitrogens with zero attached hydrogens (tertiary/aromatic N) is 3. The second-order valence-corrected chi connectivity index (χ2v) is 7.81. The number of imide groups is 2. The first-order valence-electron chi connectivity index (χ1n) is 8.57. The van der Waals surface area contributed by atoms with Gasteiger partial charge >= 0.3 is 17.8 Å². The molecule has 0 spiro atoms. The summed E-state index contributed by atoms with van der Waals surface area (Å²) in [4.78, 5) is 43.1. The van der Waals surface area contributed by atoms with Gasteiger partial charge in [-0.25, -0.2) is 9.69 Å². The van der Waals surface area contributed by atoms with Gasteiger partial charge < -0.3 is 0 Å². The molecule has 3 heterocycles. The Morgan fingerprint density at radius 2 is 1.92 bits per heavy atom. The molecule has 1 saturated heterocycles. The van der Waals surface area contributed by atoms with Crippen LogP contribution in [0.2, 0.25) is 0 Å². The van der Waals surface area contributed by atoms with E-state index in [2.05, 4.69) is 23.3 Å². The predicted molar refractivity (Wildman–Crippen MR) is 89.4 cm³/mol. The van der Waals surface area contributed by atoms with E-state index < -0.39 is 17.8 Å². The van der Waals surface area contributed by atoms with Crippen molar-refractivity contribution in [3.8, 4) is 0 Å². The molecule has 0 aromatic carbocycles. The highest BCUT2D eigenvalue weighted by Crippen LogP contribution is 2.34. The van der Waals surface area contributed by atoms with Gasteiger partial charge in [-0.3, -0.25) is 19.4 Å². The monoisotopic (exact) mass is 347 g/mol. The summed E-state index contributed by atoms with van der Waals surface area (Å²) in [5.74, 6) is -1.32. The lowest BCUT2D eigenvalue weighted by atomic mass is 10.0. The first-order chi connectivity index (χ1) is 11.6. The van der Waals surface area contributed by atoms with Crippen LogP contribution in [0.15, 0.2) is 11.4 Å². The van der Waals surface area contributed by atoms with E-state index in [0.717, 1.165) is 43.5 Å². The van der Waals surface area contributed by atoms with Crippen molar-refractivity contribution in [2.45, 2.75) is 51.1 Å². The van der Waals surface area contributed by atoms with Crippen molar-refractivity contribution in [3.05, 3.63) is 21.9 Å². The molecule has 128 valence electrons. The Morgan fingerprint density at radius 1 is 1.17 bits per heavy atom. The minimum Gasteiger partial charge on any atom is -0.278 e. The number of thiophene rings is 1. The number of carbonyl (C=O) groups excluding carboxylic acids is 3. The largest absolute Gasteiger partial charge is 0.335 e. The molecule has 4 rings (SSSR count).